The van der Waals surface area contributed by atoms with Gasteiger partial charge < -0.3 is 9.47 Å². The predicted octanol–water partition coefficient (Wildman–Crippen LogP) is 3.29. The van der Waals surface area contributed by atoms with Crippen molar-refractivity contribution in [3.63, 3.8) is 0 Å². The van der Waals surface area contributed by atoms with Crippen molar-refractivity contribution in [3.05, 3.63) is 64.9 Å². The zero-order valence-electron chi connectivity index (χ0n) is 15.8. The SMILES string of the molecule is C=C(F)C(=O)N1CC(n2nc(-c3ccc(C(F)(F)F)cc3)c3ccn(C)c(=O)c32)C1. The van der Waals surface area contributed by atoms with Gasteiger partial charge in [-0.3, -0.25) is 14.3 Å². The first-order valence-electron chi connectivity index (χ1n) is 8.97. The number of rotatable bonds is 3. The Labute approximate surface area is 167 Å². The maximum Gasteiger partial charge on any atom is 0.416 e. The highest BCUT2D eigenvalue weighted by atomic mass is 19.4. The number of amides is 1. The van der Waals surface area contributed by atoms with E-state index in [0.29, 0.717) is 16.6 Å². The molecular weight excluding hydrogens is 404 g/mol. The Morgan fingerprint density at radius 3 is 2.37 bits per heavy atom. The number of carbonyl (C=O) groups excluding carboxylic acids is 1. The third-order valence-electron chi connectivity index (χ3n) is 5.15. The highest BCUT2D eigenvalue weighted by Gasteiger charge is 2.36. The van der Waals surface area contributed by atoms with Crippen LogP contribution in [0.2, 0.25) is 0 Å². The van der Waals surface area contributed by atoms with Crippen LogP contribution in [0.5, 0.6) is 0 Å². The minimum atomic E-state index is -4.46. The van der Waals surface area contributed by atoms with Gasteiger partial charge in [0.2, 0.25) is 0 Å². The molecule has 3 heterocycles. The molecule has 1 saturated heterocycles. The van der Waals surface area contributed by atoms with Crippen molar-refractivity contribution in [2.45, 2.75) is 12.2 Å². The zero-order chi connectivity index (χ0) is 21.8. The molecule has 2 aromatic heterocycles. The Balaban J connectivity index is 1.78. The number of aromatic nitrogens is 3. The molecule has 6 nitrogen and oxygen atoms in total. The molecule has 0 bridgehead atoms. The molecule has 0 saturated carbocycles. The van der Waals surface area contributed by atoms with Crippen LogP contribution in [-0.2, 0) is 18.0 Å². The molecule has 4 rings (SSSR count). The normalized spacial score (nSPS) is 14.8. The number of nitrogens with zero attached hydrogens (tertiary/aromatic N) is 4. The number of carbonyl (C=O) groups is 1. The number of hydrogen-bond donors (Lipinski definition) is 0. The lowest BCUT2D eigenvalue weighted by atomic mass is 10.1. The van der Waals surface area contributed by atoms with E-state index in [4.69, 9.17) is 0 Å². The van der Waals surface area contributed by atoms with Crippen LogP contribution in [0.1, 0.15) is 11.6 Å². The van der Waals surface area contributed by atoms with Crippen molar-refractivity contribution in [3.8, 4) is 11.3 Å². The summed E-state index contributed by atoms with van der Waals surface area (Å²) in [5.74, 6) is -1.89. The first-order valence-corrected chi connectivity index (χ1v) is 8.97. The van der Waals surface area contributed by atoms with Gasteiger partial charge in [-0.25, -0.2) is 4.39 Å². The first-order chi connectivity index (χ1) is 14.1. The van der Waals surface area contributed by atoms with Gasteiger partial charge >= 0.3 is 6.18 Å². The molecule has 0 radical (unpaired) electrons. The molecule has 0 atom stereocenters. The fourth-order valence-electron chi connectivity index (χ4n) is 3.48. The summed E-state index contributed by atoms with van der Waals surface area (Å²) in [6.07, 6.45) is -2.91. The second-order valence-electron chi connectivity index (χ2n) is 7.13. The van der Waals surface area contributed by atoms with Crippen molar-refractivity contribution in [2.24, 2.45) is 7.05 Å². The smallest absolute Gasteiger partial charge is 0.332 e. The third-order valence-corrected chi connectivity index (χ3v) is 5.15. The Morgan fingerprint density at radius 1 is 1.17 bits per heavy atom. The molecule has 1 aromatic carbocycles. The van der Waals surface area contributed by atoms with E-state index >= 15 is 0 Å². The van der Waals surface area contributed by atoms with Gasteiger partial charge in [-0.2, -0.15) is 18.3 Å². The van der Waals surface area contributed by atoms with E-state index in [-0.39, 0.29) is 30.2 Å². The average molecular weight is 420 g/mol. The van der Waals surface area contributed by atoms with Gasteiger partial charge in [-0.05, 0) is 18.2 Å². The topological polar surface area (TPSA) is 60.1 Å². The van der Waals surface area contributed by atoms with E-state index < -0.39 is 23.5 Å². The van der Waals surface area contributed by atoms with Crippen molar-refractivity contribution in [1.82, 2.24) is 19.2 Å². The van der Waals surface area contributed by atoms with Gasteiger partial charge in [-0.15, -0.1) is 0 Å². The number of hydrogen-bond acceptors (Lipinski definition) is 3. The van der Waals surface area contributed by atoms with Crippen LogP contribution in [0.25, 0.3) is 22.2 Å². The summed E-state index contributed by atoms with van der Waals surface area (Å²) in [6, 6.07) is 5.81. The average Bonchev–Trinajstić information content (AvgIpc) is 3.02. The molecule has 0 spiro atoms. The highest BCUT2D eigenvalue weighted by Crippen LogP contribution is 2.34. The second-order valence-corrected chi connectivity index (χ2v) is 7.13. The molecule has 3 aromatic rings. The van der Waals surface area contributed by atoms with Crippen molar-refractivity contribution in [2.75, 3.05) is 13.1 Å². The monoisotopic (exact) mass is 420 g/mol. The van der Waals surface area contributed by atoms with Gasteiger partial charge in [0.25, 0.3) is 11.5 Å². The van der Waals surface area contributed by atoms with E-state index in [0.717, 1.165) is 12.1 Å². The molecule has 1 amide bonds. The Morgan fingerprint density at radius 2 is 1.80 bits per heavy atom. The molecular formula is C20H16F4N4O2. The van der Waals surface area contributed by atoms with Gasteiger partial charge in [-0.1, -0.05) is 18.7 Å². The van der Waals surface area contributed by atoms with E-state index in [1.165, 1.54) is 26.3 Å². The van der Waals surface area contributed by atoms with Gasteiger partial charge in [0.05, 0.1) is 11.6 Å². The minimum absolute atomic E-state index is 0.142. The zero-order valence-corrected chi connectivity index (χ0v) is 15.8. The van der Waals surface area contributed by atoms with Crippen LogP contribution >= 0.6 is 0 Å². The number of alkyl halides is 3. The first kappa shape index (κ1) is 19.9. The second kappa shape index (κ2) is 6.82. The van der Waals surface area contributed by atoms with E-state index in [9.17, 15) is 27.2 Å². The predicted molar refractivity (Wildman–Crippen MR) is 101 cm³/mol. The summed E-state index contributed by atoms with van der Waals surface area (Å²) in [5.41, 5.74) is -0.0742. The summed E-state index contributed by atoms with van der Waals surface area (Å²) in [5, 5.41) is 4.97. The lowest BCUT2D eigenvalue weighted by Gasteiger charge is -2.38. The van der Waals surface area contributed by atoms with Gasteiger partial charge in [0, 0.05) is 37.3 Å². The van der Waals surface area contributed by atoms with E-state index in [2.05, 4.69) is 11.7 Å². The summed E-state index contributed by atoms with van der Waals surface area (Å²) in [7, 11) is 1.57. The summed E-state index contributed by atoms with van der Waals surface area (Å²) in [4.78, 5) is 25.7. The summed E-state index contributed by atoms with van der Waals surface area (Å²) >= 11 is 0. The Hall–Kier alpha value is -3.43. The fourth-order valence-corrected chi connectivity index (χ4v) is 3.48. The number of benzene rings is 1. The van der Waals surface area contributed by atoms with Crippen molar-refractivity contribution in [1.29, 1.82) is 0 Å². The molecule has 0 aliphatic carbocycles. The summed E-state index contributed by atoms with van der Waals surface area (Å²) in [6.45, 7) is 3.27. The molecule has 0 N–H and O–H groups in total. The lowest BCUT2D eigenvalue weighted by molar-refractivity contribution is -0.137. The van der Waals surface area contributed by atoms with Crippen LogP contribution in [-0.4, -0.2) is 38.2 Å². The molecule has 30 heavy (non-hydrogen) atoms. The molecule has 0 unspecified atom stereocenters. The highest BCUT2D eigenvalue weighted by molar-refractivity contribution is 5.93. The molecule has 10 heteroatoms. The number of halogens is 4. The van der Waals surface area contributed by atoms with Crippen LogP contribution in [0.4, 0.5) is 17.6 Å². The molecule has 1 aliphatic heterocycles. The quantitative estimate of drug-likeness (QED) is 0.483. The van der Waals surface area contributed by atoms with Crippen LogP contribution in [0, 0.1) is 0 Å². The van der Waals surface area contributed by atoms with E-state index in [1.807, 2.05) is 0 Å². The molecule has 156 valence electrons. The fraction of sp³-hybridized carbons (Fsp3) is 0.250. The third kappa shape index (κ3) is 3.17. The van der Waals surface area contributed by atoms with E-state index in [1.54, 1.807) is 19.3 Å². The van der Waals surface area contributed by atoms with Crippen molar-refractivity contribution < 1.29 is 22.4 Å². The van der Waals surface area contributed by atoms with Crippen molar-refractivity contribution >= 4 is 16.8 Å². The maximum absolute atomic E-state index is 13.1. The van der Waals surface area contributed by atoms with Crippen LogP contribution in [0.15, 0.2) is 53.7 Å². The minimum Gasteiger partial charge on any atom is -0.332 e. The van der Waals surface area contributed by atoms with Crippen LogP contribution < -0.4 is 5.56 Å². The standard InChI is InChI=1S/C20H16F4N4O2/c1-11(21)18(29)27-9-14(10-27)28-17-15(7-8-26(2)19(17)30)16(25-28)12-3-5-13(6-4-12)20(22,23)24/h3-8,14H,1,9-10H2,2H3. The largest absolute Gasteiger partial charge is 0.416 e. The number of fused-ring (bicyclic) bond motifs is 1. The van der Waals surface area contributed by atoms with Gasteiger partial charge in [0.15, 0.2) is 5.83 Å². The van der Waals surface area contributed by atoms with Crippen LogP contribution in [0.3, 0.4) is 0 Å². The molecule has 1 aliphatic rings. The number of aryl methyl sites for hydroxylation is 1. The molecule has 1 fully saturated rings. The van der Waals surface area contributed by atoms with Gasteiger partial charge in [0.1, 0.15) is 11.2 Å². The lowest BCUT2D eigenvalue weighted by Crippen LogP contribution is -2.51. The summed E-state index contributed by atoms with van der Waals surface area (Å²) < 4.78 is 54.5. The maximum atomic E-state index is 13.1. The Kier molecular flexibility index (Phi) is 4.52. The number of pyridine rings is 1. The number of likely N-dealkylation sites (tertiary alicyclic amines) is 1. The Bertz CT molecular complexity index is 1220.